The standard InChI is InChI=1S/C8H18O6/c9-1-6(2-10)7(14)8(3-11,4-12)5-13/h6-7,9-14H,1-5H2. The SMILES string of the molecule is OCC(CO)C(O)C(CO)(CO)CO. The van der Waals surface area contributed by atoms with Gasteiger partial charge in [-0.05, 0) is 0 Å². The summed E-state index contributed by atoms with van der Waals surface area (Å²) in [5, 5.41) is 54.0. The fraction of sp³-hybridized carbons (Fsp3) is 1.00. The quantitative estimate of drug-likeness (QED) is 0.265. The van der Waals surface area contributed by atoms with E-state index >= 15 is 0 Å². The molecule has 0 aliphatic heterocycles. The predicted octanol–water partition coefficient (Wildman–Crippen LogP) is -3.09. The van der Waals surface area contributed by atoms with Crippen molar-refractivity contribution in [1.82, 2.24) is 0 Å². The molecule has 0 spiro atoms. The van der Waals surface area contributed by atoms with E-state index in [9.17, 15) is 5.11 Å². The summed E-state index contributed by atoms with van der Waals surface area (Å²) in [6.07, 6.45) is -1.36. The molecule has 0 rings (SSSR count). The lowest BCUT2D eigenvalue weighted by atomic mass is 9.78. The van der Waals surface area contributed by atoms with Gasteiger partial charge in [-0.15, -0.1) is 0 Å². The van der Waals surface area contributed by atoms with Crippen molar-refractivity contribution in [2.45, 2.75) is 6.10 Å². The highest BCUT2D eigenvalue weighted by Gasteiger charge is 2.40. The van der Waals surface area contributed by atoms with Crippen LogP contribution in [0.2, 0.25) is 0 Å². The lowest BCUT2D eigenvalue weighted by molar-refractivity contribution is -0.120. The summed E-state index contributed by atoms with van der Waals surface area (Å²) >= 11 is 0. The first-order valence-corrected chi connectivity index (χ1v) is 4.34. The monoisotopic (exact) mass is 210 g/mol. The molecule has 0 aliphatic rings. The summed E-state index contributed by atoms with van der Waals surface area (Å²) in [5.74, 6) is -0.888. The Morgan fingerprint density at radius 1 is 0.786 bits per heavy atom. The minimum absolute atomic E-state index is 0.487. The van der Waals surface area contributed by atoms with Crippen LogP contribution in [0, 0.1) is 11.3 Å². The smallest absolute Gasteiger partial charge is 0.0734 e. The van der Waals surface area contributed by atoms with E-state index in [2.05, 4.69) is 0 Å². The van der Waals surface area contributed by atoms with Crippen LogP contribution in [0.15, 0.2) is 0 Å². The summed E-state index contributed by atoms with van der Waals surface area (Å²) in [5.41, 5.74) is -1.49. The van der Waals surface area contributed by atoms with Crippen molar-refractivity contribution in [2.24, 2.45) is 11.3 Å². The van der Waals surface area contributed by atoms with Crippen molar-refractivity contribution < 1.29 is 30.6 Å². The minimum Gasteiger partial charge on any atom is -0.396 e. The molecule has 1 unspecified atom stereocenters. The van der Waals surface area contributed by atoms with Crippen LogP contribution >= 0.6 is 0 Å². The van der Waals surface area contributed by atoms with Crippen LogP contribution in [0.25, 0.3) is 0 Å². The van der Waals surface area contributed by atoms with Crippen molar-refractivity contribution in [3.05, 3.63) is 0 Å². The molecule has 0 bridgehead atoms. The number of aliphatic hydroxyl groups excluding tert-OH is 6. The van der Waals surface area contributed by atoms with Crippen LogP contribution in [-0.2, 0) is 0 Å². The Labute approximate surface area is 82.1 Å². The molecule has 0 saturated carbocycles. The minimum atomic E-state index is -1.49. The van der Waals surface area contributed by atoms with Crippen LogP contribution in [0.3, 0.4) is 0 Å². The van der Waals surface area contributed by atoms with E-state index in [-0.39, 0.29) is 0 Å². The fourth-order valence-electron chi connectivity index (χ4n) is 1.19. The molecule has 0 amide bonds. The maximum Gasteiger partial charge on any atom is 0.0734 e. The van der Waals surface area contributed by atoms with Crippen molar-refractivity contribution in [3.8, 4) is 0 Å². The first-order chi connectivity index (χ1) is 6.61. The molecule has 0 heterocycles. The normalized spacial score (nSPS) is 14.8. The first kappa shape index (κ1) is 13.8. The van der Waals surface area contributed by atoms with Gasteiger partial charge in [0, 0.05) is 5.92 Å². The molecular weight excluding hydrogens is 192 g/mol. The van der Waals surface area contributed by atoms with Gasteiger partial charge in [-0.25, -0.2) is 0 Å². The highest BCUT2D eigenvalue weighted by molar-refractivity contribution is 4.88. The van der Waals surface area contributed by atoms with Crippen molar-refractivity contribution >= 4 is 0 Å². The zero-order valence-electron chi connectivity index (χ0n) is 7.87. The molecule has 6 N–H and O–H groups in total. The van der Waals surface area contributed by atoms with E-state index in [0.29, 0.717) is 0 Å². The van der Waals surface area contributed by atoms with Gasteiger partial charge in [0.2, 0.25) is 0 Å². The molecule has 0 saturated heterocycles. The predicted molar refractivity (Wildman–Crippen MR) is 47.4 cm³/mol. The molecule has 6 heteroatoms. The lowest BCUT2D eigenvalue weighted by Gasteiger charge is -2.36. The Morgan fingerprint density at radius 2 is 1.14 bits per heavy atom. The molecule has 0 aromatic carbocycles. The van der Waals surface area contributed by atoms with Crippen molar-refractivity contribution in [1.29, 1.82) is 0 Å². The maximum atomic E-state index is 9.62. The van der Waals surface area contributed by atoms with Gasteiger partial charge < -0.3 is 30.6 Å². The highest BCUT2D eigenvalue weighted by atomic mass is 16.3. The molecule has 14 heavy (non-hydrogen) atoms. The summed E-state index contributed by atoms with van der Waals surface area (Å²) in [6, 6.07) is 0. The Kier molecular flexibility index (Phi) is 6.17. The largest absolute Gasteiger partial charge is 0.396 e. The Hall–Kier alpha value is -0.240. The molecule has 0 radical (unpaired) electrons. The topological polar surface area (TPSA) is 121 Å². The highest BCUT2D eigenvalue weighted by Crippen LogP contribution is 2.25. The molecule has 0 aromatic rings. The first-order valence-electron chi connectivity index (χ1n) is 4.34. The van der Waals surface area contributed by atoms with Crippen molar-refractivity contribution in [3.63, 3.8) is 0 Å². The molecular formula is C8H18O6. The third kappa shape index (κ3) is 2.63. The molecule has 6 nitrogen and oxygen atoms in total. The van der Waals surface area contributed by atoms with Crippen LogP contribution in [0.1, 0.15) is 0 Å². The van der Waals surface area contributed by atoms with Crippen LogP contribution in [0.4, 0.5) is 0 Å². The van der Waals surface area contributed by atoms with Gasteiger partial charge in [0.25, 0.3) is 0 Å². The van der Waals surface area contributed by atoms with Crippen LogP contribution in [-0.4, -0.2) is 69.8 Å². The van der Waals surface area contributed by atoms with Crippen LogP contribution < -0.4 is 0 Å². The van der Waals surface area contributed by atoms with E-state index in [1.165, 1.54) is 0 Å². The van der Waals surface area contributed by atoms with Gasteiger partial charge >= 0.3 is 0 Å². The molecule has 86 valence electrons. The van der Waals surface area contributed by atoms with E-state index < -0.39 is 50.5 Å². The van der Waals surface area contributed by atoms with E-state index in [4.69, 9.17) is 25.5 Å². The van der Waals surface area contributed by atoms with Gasteiger partial charge in [-0.3, -0.25) is 0 Å². The van der Waals surface area contributed by atoms with Gasteiger partial charge in [-0.2, -0.15) is 0 Å². The van der Waals surface area contributed by atoms with Gasteiger partial charge in [0.1, 0.15) is 0 Å². The van der Waals surface area contributed by atoms with Gasteiger partial charge in [-0.1, -0.05) is 0 Å². The average Bonchev–Trinajstić information content (AvgIpc) is 2.23. The second-order valence-corrected chi connectivity index (χ2v) is 3.41. The molecule has 0 aromatic heterocycles. The molecule has 0 fully saturated rings. The Balaban J connectivity index is 4.63. The summed E-state index contributed by atoms with van der Waals surface area (Å²) in [7, 11) is 0. The average molecular weight is 210 g/mol. The Morgan fingerprint density at radius 3 is 1.36 bits per heavy atom. The number of rotatable bonds is 7. The third-order valence-electron chi connectivity index (χ3n) is 2.49. The zero-order chi connectivity index (χ0) is 11.2. The number of hydrogen-bond acceptors (Lipinski definition) is 6. The molecule has 1 atom stereocenters. The maximum absolute atomic E-state index is 9.62. The van der Waals surface area contributed by atoms with E-state index in [1.807, 2.05) is 0 Å². The summed E-state index contributed by atoms with van der Waals surface area (Å²) in [4.78, 5) is 0. The lowest BCUT2D eigenvalue weighted by Crippen LogP contribution is -2.50. The summed E-state index contributed by atoms with van der Waals surface area (Å²) in [6.45, 7) is -2.86. The van der Waals surface area contributed by atoms with Crippen LogP contribution in [0.5, 0.6) is 0 Å². The van der Waals surface area contributed by atoms with E-state index in [0.717, 1.165) is 0 Å². The van der Waals surface area contributed by atoms with Gasteiger partial charge in [0.15, 0.2) is 0 Å². The second-order valence-electron chi connectivity index (χ2n) is 3.41. The number of aliphatic hydroxyl groups is 6. The number of hydrogen-bond donors (Lipinski definition) is 6. The fourth-order valence-corrected chi connectivity index (χ4v) is 1.19. The Bertz CT molecular complexity index is 135. The third-order valence-corrected chi connectivity index (χ3v) is 2.49. The zero-order valence-corrected chi connectivity index (χ0v) is 7.87. The second kappa shape index (κ2) is 6.28. The molecule has 0 aliphatic carbocycles. The van der Waals surface area contributed by atoms with E-state index in [1.54, 1.807) is 0 Å². The summed E-state index contributed by atoms with van der Waals surface area (Å²) < 4.78 is 0. The van der Waals surface area contributed by atoms with Gasteiger partial charge in [0.05, 0.1) is 44.6 Å². The van der Waals surface area contributed by atoms with Crippen molar-refractivity contribution in [2.75, 3.05) is 33.0 Å².